The van der Waals surface area contributed by atoms with Crippen molar-refractivity contribution in [1.82, 2.24) is 15.1 Å². The second-order valence-corrected chi connectivity index (χ2v) is 4.66. The van der Waals surface area contributed by atoms with Gasteiger partial charge in [0, 0.05) is 39.0 Å². The van der Waals surface area contributed by atoms with E-state index in [1.165, 1.54) is 5.69 Å². The predicted octanol–water partition coefficient (Wildman–Crippen LogP) is 1.37. The Balaban J connectivity index is 2.11. The lowest BCUT2D eigenvalue weighted by Crippen LogP contribution is -2.29. The van der Waals surface area contributed by atoms with Gasteiger partial charge in [0.05, 0.1) is 5.60 Å². The van der Waals surface area contributed by atoms with E-state index < -0.39 is 0 Å². The predicted molar refractivity (Wildman–Crippen MR) is 65.5 cm³/mol. The molecule has 0 aliphatic rings. The number of methoxy groups -OCH3 is 1. The van der Waals surface area contributed by atoms with Crippen LogP contribution in [0.25, 0.3) is 0 Å². The van der Waals surface area contributed by atoms with Gasteiger partial charge in [-0.1, -0.05) is 0 Å². The summed E-state index contributed by atoms with van der Waals surface area (Å²) in [5, 5.41) is 7.56. The molecule has 1 N–H and O–H groups in total. The van der Waals surface area contributed by atoms with E-state index in [0.29, 0.717) is 0 Å². The highest BCUT2D eigenvalue weighted by Crippen LogP contribution is 2.11. The summed E-state index contributed by atoms with van der Waals surface area (Å²) >= 11 is 0. The van der Waals surface area contributed by atoms with Crippen molar-refractivity contribution in [2.45, 2.75) is 32.3 Å². The van der Waals surface area contributed by atoms with Crippen molar-refractivity contribution in [3.8, 4) is 0 Å². The molecule has 0 unspecified atom stereocenters. The number of aryl methyl sites for hydroxylation is 1. The molecule has 92 valence electrons. The molecule has 16 heavy (non-hydrogen) atoms. The van der Waals surface area contributed by atoms with Crippen LogP contribution in [0.4, 0.5) is 0 Å². The van der Waals surface area contributed by atoms with Gasteiger partial charge in [0.25, 0.3) is 0 Å². The van der Waals surface area contributed by atoms with Crippen molar-refractivity contribution >= 4 is 0 Å². The second-order valence-electron chi connectivity index (χ2n) is 4.66. The topological polar surface area (TPSA) is 39.1 Å². The van der Waals surface area contributed by atoms with E-state index in [9.17, 15) is 0 Å². The molecule has 0 bridgehead atoms. The summed E-state index contributed by atoms with van der Waals surface area (Å²) in [6.07, 6.45) is 3.88. The summed E-state index contributed by atoms with van der Waals surface area (Å²) in [5.74, 6) is 0. The Hall–Kier alpha value is -0.870. The van der Waals surface area contributed by atoms with Crippen LogP contribution in [0.5, 0.6) is 0 Å². The lowest BCUT2D eigenvalue weighted by Gasteiger charge is -2.22. The van der Waals surface area contributed by atoms with E-state index in [1.807, 2.05) is 17.9 Å². The maximum atomic E-state index is 5.36. The first-order chi connectivity index (χ1) is 7.55. The molecular formula is C12H23N3O. The van der Waals surface area contributed by atoms with Gasteiger partial charge in [-0.2, -0.15) is 5.10 Å². The van der Waals surface area contributed by atoms with Crippen LogP contribution >= 0.6 is 0 Å². The fourth-order valence-corrected chi connectivity index (χ4v) is 1.48. The Bertz CT molecular complexity index is 307. The van der Waals surface area contributed by atoms with Crippen LogP contribution in [0.2, 0.25) is 0 Å². The van der Waals surface area contributed by atoms with Crippen LogP contribution in [0.15, 0.2) is 12.3 Å². The van der Waals surface area contributed by atoms with Gasteiger partial charge in [-0.3, -0.25) is 4.68 Å². The van der Waals surface area contributed by atoms with Gasteiger partial charge < -0.3 is 10.1 Å². The van der Waals surface area contributed by atoms with E-state index in [-0.39, 0.29) is 5.60 Å². The zero-order valence-electron chi connectivity index (χ0n) is 10.8. The Morgan fingerprint density at radius 3 is 2.75 bits per heavy atom. The van der Waals surface area contributed by atoms with E-state index in [1.54, 1.807) is 7.11 Å². The first-order valence-corrected chi connectivity index (χ1v) is 5.78. The molecule has 0 saturated carbocycles. The first-order valence-electron chi connectivity index (χ1n) is 5.78. The summed E-state index contributed by atoms with van der Waals surface area (Å²) in [4.78, 5) is 0. The van der Waals surface area contributed by atoms with Crippen molar-refractivity contribution in [3.05, 3.63) is 18.0 Å². The molecule has 0 aliphatic carbocycles. The van der Waals surface area contributed by atoms with Gasteiger partial charge in [0.15, 0.2) is 0 Å². The maximum Gasteiger partial charge on any atom is 0.0634 e. The Morgan fingerprint density at radius 2 is 2.19 bits per heavy atom. The number of aromatic nitrogens is 2. The van der Waals surface area contributed by atoms with Crippen LogP contribution in [-0.2, 0) is 18.2 Å². The molecule has 4 nitrogen and oxygen atoms in total. The minimum atomic E-state index is -0.0282. The fourth-order valence-electron chi connectivity index (χ4n) is 1.48. The molecule has 0 atom stereocenters. The number of hydrogen-bond acceptors (Lipinski definition) is 3. The highest BCUT2D eigenvalue weighted by molar-refractivity contribution is 5.00. The molecule has 0 amide bonds. The first kappa shape index (κ1) is 13.2. The average Bonchev–Trinajstić information content (AvgIpc) is 2.64. The van der Waals surface area contributed by atoms with Crippen molar-refractivity contribution in [2.75, 3.05) is 20.2 Å². The van der Waals surface area contributed by atoms with Gasteiger partial charge >= 0.3 is 0 Å². The largest absolute Gasteiger partial charge is 0.379 e. The lowest BCUT2D eigenvalue weighted by molar-refractivity contribution is 0.0159. The molecule has 0 radical (unpaired) electrons. The number of nitrogens with one attached hydrogen (secondary N) is 1. The molecule has 0 spiro atoms. The summed E-state index contributed by atoms with van der Waals surface area (Å²) in [7, 11) is 3.74. The van der Waals surface area contributed by atoms with Crippen LogP contribution < -0.4 is 5.32 Å². The summed E-state index contributed by atoms with van der Waals surface area (Å²) < 4.78 is 7.27. The van der Waals surface area contributed by atoms with Crippen molar-refractivity contribution in [2.24, 2.45) is 7.05 Å². The molecular weight excluding hydrogens is 202 g/mol. The maximum absolute atomic E-state index is 5.36. The number of ether oxygens (including phenoxy) is 1. The highest BCUT2D eigenvalue weighted by Gasteiger charge is 2.14. The summed E-state index contributed by atoms with van der Waals surface area (Å²) in [5.41, 5.74) is 1.23. The molecule has 4 heteroatoms. The van der Waals surface area contributed by atoms with Crippen molar-refractivity contribution in [1.29, 1.82) is 0 Å². The van der Waals surface area contributed by atoms with Gasteiger partial charge in [-0.15, -0.1) is 0 Å². The number of hydrogen-bond donors (Lipinski definition) is 1. The third-order valence-electron chi connectivity index (χ3n) is 2.94. The van der Waals surface area contributed by atoms with Crippen LogP contribution in [0.3, 0.4) is 0 Å². The molecule has 0 aliphatic heterocycles. The molecule has 0 fully saturated rings. The molecule has 1 aromatic heterocycles. The molecule has 1 aromatic rings. The monoisotopic (exact) mass is 225 g/mol. The minimum absolute atomic E-state index is 0.0282. The Labute approximate surface area is 98.0 Å². The van der Waals surface area contributed by atoms with Crippen LogP contribution in [0.1, 0.15) is 26.0 Å². The SMILES string of the molecule is COC(C)(C)CCNCCc1ccnn1C. The van der Waals surface area contributed by atoms with E-state index in [4.69, 9.17) is 4.74 Å². The van der Waals surface area contributed by atoms with Gasteiger partial charge in [-0.05, 0) is 32.9 Å². The second kappa shape index (κ2) is 6.01. The summed E-state index contributed by atoms with van der Waals surface area (Å²) in [6, 6.07) is 2.06. The highest BCUT2D eigenvalue weighted by atomic mass is 16.5. The Kier molecular flexibility index (Phi) is 4.96. The standard InChI is InChI=1S/C12H23N3O/c1-12(2,16-4)7-10-13-8-5-11-6-9-14-15(11)3/h6,9,13H,5,7-8,10H2,1-4H3. The number of nitrogens with zero attached hydrogens (tertiary/aromatic N) is 2. The van der Waals surface area contributed by atoms with Crippen LogP contribution in [0, 0.1) is 0 Å². The van der Waals surface area contributed by atoms with Crippen molar-refractivity contribution < 1.29 is 4.74 Å². The average molecular weight is 225 g/mol. The quantitative estimate of drug-likeness (QED) is 0.712. The number of rotatable bonds is 7. The summed E-state index contributed by atoms with van der Waals surface area (Å²) in [6.45, 7) is 6.18. The normalized spacial score (nSPS) is 12.0. The fraction of sp³-hybridized carbons (Fsp3) is 0.750. The molecule has 1 heterocycles. The van der Waals surface area contributed by atoms with E-state index in [0.717, 1.165) is 25.9 Å². The van der Waals surface area contributed by atoms with E-state index in [2.05, 4.69) is 30.3 Å². The Morgan fingerprint density at radius 1 is 1.44 bits per heavy atom. The smallest absolute Gasteiger partial charge is 0.0634 e. The molecule has 0 aromatic carbocycles. The third kappa shape index (κ3) is 4.33. The van der Waals surface area contributed by atoms with Crippen LogP contribution in [-0.4, -0.2) is 35.6 Å². The van der Waals surface area contributed by atoms with Gasteiger partial charge in [0.2, 0.25) is 0 Å². The van der Waals surface area contributed by atoms with Gasteiger partial charge in [0.1, 0.15) is 0 Å². The zero-order chi connectivity index (χ0) is 12.0. The zero-order valence-corrected chi connectivity index (χ0v) is 10.8. The molecule has 0 saturated heterocycles. The minimum Gasteiger partial charge on any atom is -0.379 e. The van der Waals surface area contributed by atoms with Crippen molar-refractivity contribution in [3.63, 3.8) is 0 Å². The van der Waals surface area contributed by atoms with E-state index >= 15 is 0 Å². The lowest BCUT2D eigenvalue weighted by atomic mass is 10.1. The van der Waals surface area contributed by atoms with Gasteiger partial charge in [-0.25, -0.2) is 0 Å². The molecule has 1 rings (SSSR count). The third-order valence-corrected chi connectivity index (χ3v) is 2.94.